The minimum atomic E-state index is -0.524. The van der Waals surface area contributed by atoms with E-state index in [1.54, 1.807) is 0 Å². The van der Waals surface area contributed by atoms with E-state index < -0.39 is 11.4 Å². The monoisotopic (exact) mass is 365 g/mol. The van der Waals surface area contributed by atoms with Gasteiger partial charge in [0.2, 0.25) is 5.82 Å². The lowest BCUT2D eigenvalue weighted by atomic mass is 10.1. The van der Waals surface area contributed by atoms with Gasteiger partial charge in [-0.1, -0.05) is 17.3 Å². The first-order valence-electron chi connectivity index (χ1n) is 8.29. The molecule has 0 bridgehead atoms. The lowest BCUT2D eigenvalue weighted by Crippen LogP contribution is -2.19. The molecule has 1 N–H and O–H groups in total. The van der Waals surface area contributed by atoms with Crippen LogP contribution < -0.4 is 5.56 Å². The zero-order valence-corrected chi connectivity index (χ0v) is 14.9. The third-order valence-corrected chi connectivity index (χ3v) is 4.74. The summed E-state index contributed by atoms with van der Waals surface area (Å²) in [5, 5.41) is 14.7. The van der Waals surface area contributed by atoms with Crippen molar-refractivity contribution in [3.8, 4) is 28.6 Å². The molecule has 4 rings (SSSR count). The zero-order chi connectivity index (χ0) is 19.3. The number of aromatic nitrogens is 3. The van der Waals surface area contributed by atoms with Gasteiger partial charge in [0, 0.05) is 18.0 Å². The van der Waals surface area contributed by atoms with Gasteiger partial charge in [-0.25, -0.2) is 4.39 Å². The quantitative estimate of drug-likeness (QED) is 0.586. The third kappa shape index (κ3) is 2.68. The van der Waals surface area contributed by atoms with Crippen molar-refractivity contribution in [3.63, 3.8) is 0 Å². The molecule has 27 heavy (non-hydrogen) atoms. The van der Waals surface area contributed by atoms with Gasteiger partial charge in [0.05, 0.1) is 5.52 Å². The Labute approximate surface area is 153 Å². The van der Waals surface area contributed by atoms with Crippen molar-refractivity contribution < 1.29 is 14.0 Å². The molecule has 0 aliphatic heterocycles. The van der Waals surface area contributed by atoms with Gasteiger partial charge in [0.1, 0.15) is 17.1 Å². The highest BCUT2D eigenvalue weighted by molar-refractivity contribution is 5.91. The maximum atomic E-state index is 13.6. The van der Waals surface area contributed by atoms with Crippen LogP contribution >= 0.6 is 0 Å². The van der Waals surface area contributed by atoms with Gasteiger partial charge < -0.3 is 14.2 Å². The molecule has 0 aliphatic carbocycles. The molecule has 2 aromatic heterocycles. The second kappa shape index (κ2) is 6.05. The van der Waals surface area contributed by atoms with Crippen molar-refractivity contribution in [2.24, 2.45) is 7.05 Å². The number of pyridine rings is 1. The van der Waals surface area contributed by atoms with E-state index in [0.29, 0.717) is 11.3 Å². The molecule has 2 aromatic carbocycles. The number of hydrogen-bond donors (Lipinski definition) is 1. The number of aromatic hydroxyl groups is 1. The average Bonchev–Trinajstić information content (AvgIpc) is 3.12. The Kier molecular flexibility index (Phi) is 3.80. The van der Waals surface area contributed by atoms with Crippen LogP contribution in [0.25, 0.3) is 33.7 Å². The maximum absolute atomic E-state index is 13.6. The molecule has 0 radical (unpaired) electrons. The summed E-state index contributed by atoms with van der Waals surface area (Å²) in [5.74, 6) is -0.729. The Bertz CT molecular complexity index is 1260. The van der Waals surface area contributed by atoms with E-state index in [2.05, 4.69) is 10.1 Å². The van der Waals surface area contributed by atoms with Gasteiger partial charge >= 0.3 is 0 Å². The Morgan fingerprint density at radius 1 is 1.11 bits per heavy atom. The number of halogens is 1. The highest BCUT2D eigenvalue weighted by atomic mass is 19.1. The molecule has 4 aromatic rings. The molecular formula is C20H16FN3O3. The lowest BCUT2D eigenvalue weighted by molar-refractivity contribution is 0.425. The predicted octanol–water partition coefficient (Wildman–Crippen LogP) is 3.72. The fourth-order valence-electron chi connectivity index (χ4n) is 3.02. The second-order valence-electron chi connectivity index (χ2n) is 6.47. The first-order chi connectivity index (χ1) is 12.9. The molecule has 0 saturated heterocycles. The number of rotatable bonds is 2. The van der Waals surface area contributed by atoms with Gasteiger partial charge in [0.15, 0.2) is 0 Å². The summed E-state index contributed by atoms with van der Waals surface area (Å²) in [6, 6.07) is 9.53. The van der Waals surface area contributed by atoms with E-state index in [0.717, 1.165) is 22.8 Å². The van der Waals surface area contributed by atoms with Crippen molar-refractivity contribution in [2.75, 3.05) is 0 Å². The lowest BCUT2D eigenvalue weighted by Gasteiger charge is -2.09. The molecule has 0 fully saturated rings. The van der Waals surface area contributed by atoms with Crippen LogP contribution in [0.15, 0.2) is 45.7 Å². The number of fused-ring (bicyclic) bond motifs is 1. The molecule has 136 valence electrons. The Morgan fingerprint density at radius 3 is 2.63 bits per heavy atom. The standard InChI is InChI=1S/C20H16FN3O3/c1-10-4-5-12(8-11(10)2)18-22-19(27-23-18)16-17(25)14-9-13(21)6-7-15(14)24(3)20(16)26/h4-9,25H,1-3H3. The molecular weight excluding hydrogens is 349 g/mol. The average molecular weight is 365 g/mol. The summed E-state index contributed by atoms with van der Waals surface area (Å²) in [6.07, 6.45) is 0. The van der Waals surface area contributed by atoms with Crippen LogP contribution in [0.4, 0.5) is 4.39 Å². The number of benzene rings is 2. The van der Waals surface area contributed by atoms with E-state index >= 15 is 0 Å². The highest BCUT2D eigenvalue weighted by Crippen LogP contribution is 2.33. The van der Waals surface area contributed by atoms with Gasteiger partial charge in [-0.3, -0.25) is 4.79 Å². The van der Waals surface area contributed by atoms with Crippen LogP contribution in [-0.2, 0) is 7.05 Å². The minimum absolute atomic E-state index is 0.118. The summed E-state index contributed by atoms with van der Waals surface area (Å²) >= 11 is 0. The molecule has 0 amide bonds. The van der Waals surface area contributed by atoms with E-state index in [-0.39, 0.29) is 22.6 Å². The summed E-state index contributed by atoms with van der Waals surface area (Å²) in [5.41, 5.74) is 2.66. The Balaban J connectivity index is 1.92. The molecule has 0 aliphatic rings. The Hall–Kier alpha value is -3.48. The fraction of sp³-hybridized carbons (Fsp3) is 0.150. The molecule has 0 saturated carbocycles. The van der Waals surface area contributed by atoms with E-state index in [9.17, 15) is 14.3 Å². The number of nitrogens with zero attached hydrogens (tertiary/aromatic N) is 3. The SMILES string of the molecule is Cc1ccc(-c2noc(-c3c(O)c4cc(F)ccc4n(C)c3=O)n2)cc1C. The van der Waals surface area contributed by atoms with E-state index in [1.165, 1.54) is 23.7 Å². The smallest absolute Gasteiger partial charge is 0.267 e. The van der Waals surface area contributed by atoms with Crippen molar-refractivity contribution in [2.45, 2.75) is 13.8 Å². The van der Waals surface area contributed by atoms with Crippen molar-refractivity contribution in [1.29, 1.82) is 0 Å². The number of aryl methyl sites for hydroxylation is 3. The summed E-state index contributed by atoms with van der Waals surface area (Å²) < 4.78 is 20.2. The third-order valence-electron chi connectivity index (χ3n) is 4.74. The van der Waals surface area contributed by atoms with Gasteiger partial charge in [0.25, 0.3) is 11.4 Å². The largest absolute Gasteiger partial charge is 0.506 e. The maximum Gasteiger partial charge on any atom is 0.267 e. The second-order valence-corrected chi connectivity index (χ2v) is 6.47. The summed E-state index contributed by atoms with van der Waals surface area (Å²) in [7, 11) is 1.53. The van der Waals surface area contributed by atoms with Gasteiger partial charge in [-0.2, -0.15) is 4.98 Å². The van der Waals surface area contributed by atoms with Crippen LogP contribution in [0.5, 0.6) is 5.75 Å². The van der Waals surface area contributed by atoms with Crippen LogP contribution in [0.3, 0.4) is 0 Å². The normalized spacial score (nSPS) is 11.3. The highest BCUT2D eigenvalue weighted by Gasteiger charge is 2.22. The molecule has 2 heterocycles. The molecule has 0 atom stereocenters. The number of hydrogen-bond acceptors (Lipinski definition) is 5. The van der Waals surface area contributed by atoms with E-state index in [1.807, 2.05) is 32.0 Å². The molecule has 0 spiro atoms. The van der Waals surface area contributed by atoms with Crippen LogP contribution in [-0.4, -0.2) is 19.8 Å². The zero-order valence-electron chi connectivity index (χ0n) is 14.9. The van der Waals surface area contributed by atoms with Crippen LogP contribution in [0.2, 0.25) is 0 Å². The summed E-state index contributed by atoms with van der Waals surface area (Å²) in [6.45, 7) is 3.97. The Morgan fingerprint density at radius 2 is 1.89 bits per heavy atom. The van der Waals surface area contributed by atoms with Crippen molar-refractivity contribution in [1.82, 2.24) is 14.7 Å². The first-order valence-corrected chi connectivity index (χ1v) is 8.29. The molecule has 0 unspecified atom stereocenters. The van der Waals surface area contributed by atoms with Crippen LogP contribution in [0.1, 0.15) is 11.1 Å². The van der Waals surface area contributed by atoms with Gasteiger partial charge in [-0.05, 0) is 49.2 Å². The van der Waals surface area contributed by atoms with Crippen molar-refractivity contribution in [3.05, 3.63) is 63.7 Å². The van der Waals surface area contributed by atoms with E-state index in [4.69, 9.17) is 4.52 Å². The summed E-state index contributed by atoms with van der Waals surface area (Å²) in [4.78, 5) is 17.0. The van der Waals surface area contributed by atoms with Crippen LogP contribution in [0, 0.1) is 19.7 Å². The predicted molar refractivity (Wildman–Crippen MR) is 99.0 cm³/mol. The van der Waals surface area contributed by atoms with Gasteiger partial charge in [-0.15, -0.1) is 0 Å². The topological polar surface area (TPSA) is 81.2 Å². The molecule has 7 heteroatoms. The minimum Gasteiger partial charge on any atom is -0.506 e. The fourth-order valence-corrected chi connectivity index (χ4v) is 3.02. The molecule has 6 nitrogen and oxygen atoms in total. The van der Waals surface area contributed by atoms with Crippen molar-refractivity contribution >= 4 is 10.9 Å². The first kappa shape index (κ1) is 17.0.